The van der Waals surface area contributed by atoms with Gasteiger partial charge in [0.05, 0.1) is 15.6 Å². The second-order valence-corrected chi connectivity index (χ2v) is 5.37. The highest BCUT2D eigenvalue weighted by atomic mass is 35.5. The third-order valence-electron chi connectivity index (χ3n) is 3.54. The van der Waals surface area contributed by atoms with Crippen LogP contribution in [0.3, 0.4) is 0 Å². The Bertz CT molecular complexity index is 701. The fourth-order valence-electron chi connectivity index (χ4n) is 2.58. The van der Waals surface area contributed by atoms with Gasteiger partial charge in [0, 0.05) is 23.1 Å². The molecule has 3 rings (SSSR count). The van der Waals surface area contributed by atoms with E-state index >= 15 is 0 Å². The van der Waals surface area contributed by atoms with Crippen molar-refractivity contribution < 1.29 is 0 Å². The maximum atomic E-state index is 6.61. The van der Waals surface area contributed by atoms with Crippen molar-refractivity contribution in [3.05, 3.63) is 57.7 Å². The average molecular weight is 290 g/mol. The summed E-state index contributed by atoms with van der Waals surface area (Å²) < 4.78 is 0. The minimum Gasteiger partial charge on any atom is -0.255 e. The van der Waals surface area contributed by atoms with Gasteiger partial charge in [-0.2, -0.15) is 0 Å². The number of nitrogens with zero attached hydrogens (tertiary/aromatic N) is 1. The van der Waals surface area contributed by atoms with Crippen LogP contribution in [0.2, 0.25) is 10.0 Å². The van der Waals surface area contributed by atoms with E-state index in [1.165, 1.54) is 0 Å². The smallest absolute Gasteiger partial charge is 0.0909 e. The SMILES string of the molecule is CCC1C=CC=Cc2c1c(Cl)c1cccnc1c2Cl. The van der Waals surface area contributed by atoms with Crippen molar-refractivity contribution in [3.8, 4) is 0 Å². The van der Waals surface area contributed by atoms with E-state index in [0.29, 0.717) is 10.9 Å². The third kappa shape index (κ3) is 1.98. The molecule has 0 fully saturated rings. The summed E-state index contributed by atoms with van der Waals surface area (Å²) in [6, 6.07) is 3.86. The van der Waals surface area contributed by atoms with Crippen LogP contribution < -0.4 is 0 Å². The second-order valence-electron chi connectivity index (χ2n) is 4.61. The van der Waals surface area contributed by atoms with Crippen molar-refractivity contribution in [3.63, 3.8) is 0 Å². The monoisotopic (exact) mass is 289 g/mol. The van der Waals surface area contributed by atoms with E-state index in [2.05, 4.69) is 24.1 Å². The first-order valence-corrected chi connectivity index (χ1v) is 7.10. The molecule has 0 N–H and O–H groups in total. The summed E-state index contributed by atoms with van der Waals surface area (Å²) in [5, 5.41) is 2.38. The summed E-state index contributed by atoms with van der Waals surface area (Å²) in [6.45, 7) is 2.15. The van der Waals surface area contributed by atoms with Crippen molar-refractivity contribution in [1.29, 1.82) is 0 Å². The summed E-state index contributed by atoms with van der Waals surface area (Å²) in [6.07, 6.45) is 11.0. The summed E-state index contributed by atoms with van der Waals surface area (Å²) in [4.78, 5) is 4.36. The Morgan fingerprint density at radius 2 is 2.05 bits per heavy atom. The zero-order chi connectivity index (χ0) is 13.4. The van der Waals surface area contributed by atoms with Crippen molar-refractivity contribution in [1.82, 2.24) is 4.98 Å². The highest BCUT2D eigenvalue weighted by molar-refractivity contribution is 6.41. The van der Waals surface area contributed by atoms with Gasteiger partial charge in [0.25, 0.3) is 0 Å². The van der Waals surface area contributed by atoms with Gasteiger partial charge < -0.3 is 0 Å². The lowest BCUT2D eigenvalue weighted by Gasteiger charge is -2.18. The Morgan fingerprint density at radius 3 is 2.84 bits per heavy atom. The second kappa shape index (κ2) is 4.99. The van der Waals surface area contributed by atoms with Crippen molar-refractivity contribution in [2.45, 2.75) is 19.3 Å². The van der Waals surface area contributed by atoms with Crippen LogP contribution >= 0.6 is 23.2 Å². The lowest BCUT2D eigenvalue weighted by molar-refractivity contribution is 0.806. The predicted molar refractivity (Wildman–Crippen MR) is 83.0 cm³/mol. The fourth-order valence-corrected chi connectivity index (χ4v) is 3.29. The Morgan fingerprint density at radius 1 is 1.21 bits per heavy atom. The first-order chi connectivity index (χ1) is 9.24. The van der Waals surface area contributed by atoms with Gasteiger partial charge in [-0.1, -0.05) is 54.4 Å². The highest BCUT2D eigenvalue weighted by Crippen LogP contribution is 2.42. The van der Waals surface area contributed by atoms with Crippen LogP contribution in [-0.4, -0.2) is 4.98 Å². The first-order valence-electron chi connectivity index (χ1n) is 6.34. The van der Waals surface area contributed by atoms with E-state index < -0.39 is 0 Å². The van der Waals surface area contributed by atoms with Gasteiger partial charge in [-0.15, -0.1) is 0 Å². The molecule has 1 aliphatic carbocycles. The summed E-state index contributed by atoms with van der Waals surface area (Å²) >= 11 is 13.1. The highest BCUT2D eigenvalue weighted by Gasteiger charge is 2.21. The molecule has 3 heteroatoms. The zero-order valence-corrected chi connectivity index (χ0v) is 12.0. The van der Waals surface area contributed by atoms with Gasteiger partial charge in [-0.25, -0.2) is 0 Å². The molecule has 0 amide bonds. The fraction of sp³-hybridized carbons (Fsp3) is 0.188. The molecule has 96 valence electrons. The van der Waals surface area contributed by atoms with E-state index in [1.54, 1.807) is 6.20 Å². The molecule has 1 aromatic carbocycles. The molecule has 1 heterocycles. The topological polar surface area (TPSA) is 12.9 Å². The number of pyridine rings is 1. The number of benzene rings is 1. The van der Waals surface area contributed by atoms with Crippen molar-refractivity contribution in [2.75, 3.05) is 0 Å². The lowest BCUT2D eigenvalue weighted by Crippen LogP contribution is -2.00. The molecule has 2 aromatic rings. The number of fused-ring (bicyclic) bond motifs is 2. The molecule has 1 atom stereocenters. The van der Waals surface area contributed by atoms with Gasteiger partial charge in [-0.3, -0.25) is 4.98 Å². The van der Waals surface area contributed by atoms with E-state index in [0.717, 1.165) is 33.5 Å². The lowest BCUT2D eigenvalue weighted by atomic mass is 9.91. The third-order valence-corrected chi connectivity index (χ3v) is 4.33. The summed E-state index contributed by atoms with van der Waals surface area (Å²) in [7, 11) is 0. The number of aromatic nitrogens is 1. The van der Waals surface area contributed by atoms with Crippen LogP contribution in [0.25, 0.3) is 17.0 Å². The maximum absolute atomic E-state index is 6.61. The van der Waals surface area contributed by atoms with E-state index in [1.807, 2.05) is 24.3 Å². The van der Waals surface area contributed by atoms with Gasteiger partial charge in [-0.05, 0) is 24.1 Å². The number of allylic oxidation sites excluding steroid dienone is 3. The molecular formula is C16H13Cl2N. The maximum Gasteiger partial charge on any atom is 0.0909 e. The van der Waals surface area contributed by atoms with Crippen LogP contribution in [0.15, 0.2) is 36.6 Å². The van der Waals surface area contributed by atoms with Crippen LogP contribution in [-0.2, 0) is 0 Å². The standard InChI is InChI=1S/C16H13Cl2N/c1-2-10-6-3-4-7-11-13(10)14(17)12-8-5-9-19-16(12)15(11)18/h3-10H,2H2,1H3. The van der Waals surface area contributed by atoms with Crippen LogP contribution in [0.5, 0.6) is 0 Å². The van der Waals surface area contributed by atoms with Gasteiger partial charge in [0.15, 0.2) is 0 Å². The Hall–Kier alpha value is -1.31. The van der Waals surface area contributed by atoms with E-state index in [9.17, 15) is 0 Å². The molecule has 1 unspecified atom stereocenters. The van der Waals surface area contributed by atoms with Crippen molar-refractivity contribution >= 4 is 40.2 Å². The Labute approximate surface area is 122 Å². The molecule has 0 radical (unpaired) electrons. The van der Waals surface area contributed by atoms with Crippen molar-refractivity contribution in [2.24, 2.45) is 0 Å². The molecular weight excluding hydrogens is 277 g/mol. The molecule has 0 aliphatic heterocycles. The number of halogens is 2. The predicted octanol–water partition coefficient (Wildman–Crippen LogP) is 5.62. The Balaban J connectivity index is 2.45. The van der Waals surface area contributed by atoms with E-state index in [-0.39, 0.29) is 0 Å². The van der Waals surface area contributed by atoms with Crippen LogP contribution in [0, 0.1) is 0 Å². The molecule has 0 saturated heterocycles. The molecule has 19 heavy (non-hydrogen) atoms. The number of hydrogen-bond donors (Lipinski definition) is 0. The van der Waals surface area contributed by atoms with Crippen LogP contribution in [0.4, 0.5) is 0 Å². The quantitative estimate of drug-likeness (QED) is 0.664. The van der Waals surface area contributed by atoms with Crippen LogP contribution in [0.1, 0.15) is 30.4 Å². The molecule has 0 bridgehead atoms. The molecule has 1 aliphatic rings. The first kappa shape index (κ1) is 12.7. The van der Waals surface area contributed by atoms with Gasteiger partial charge in [0.2, 0.25) is 0 Å². The zero-order valence-electron chi connectivity index (χ0n) is 10.5. The molecule has 0 spiro atoms. The molecule has 0 saturated carbocycles. The summed E-state index contributed by atoms with van der Waals surface area (Å²) in [5.74, 6) is 0.291. The minimum atomic E-state index is 0.291. The molecule has 1 aromatic heterocycles. The van der Waals surface area contributed by atoms with Gasteiger partial charge in [0.1, 0.15) is 0 Å². The van der Waals surface area contributed by atoms with E-state index in [4.69, 9.17) is 23.2 Å². The largest absolute Gasteiger partial charge is 0.255 e. The summed E-state index contributed by atoms with van der Waals surface area (Å²) in [5.41, 5.74) is 2.88. The number of hydrogen-bond acceptors (Lipinski definition) is 1. The Kier molecular flexibility index (Phi) is 3.34. The normalized spacial score (nSPS) is 17.5. The minimum absolute atomic E-state index is 0.291. The number of rotatable bonds is 1. The average Bonchev–Trinajstić information content (AvgIpc) is 2.67. The van der Waals surface area contributed by atoms with Gasteiger partial charge >= 0.3 is 0 Å². The molecule has 1 nitrogen and oxygen atoms in total.